The van der Waals surface area contributed by atoms with Crippen LogP contribution in [-0.4, -0.2) is 19.6 Å². The molecular formula is C17H23FIN3S. The largest absolute Gasteiger partial charge is 0.356 e. The fraction of sp³-hybridized carbons (Fsp3) is 0.353. The number of thiophene rings is 1. The predicted molar refractivity (Wildman–Crippen MR) is 107 cm³/mol. The summed E-state index contributed by atoms with van der Waals surface area (Å²) in [5, 5.41) is 8.69. The first-order valence-electron chi connectivity index (χ1n) is 7.24. The van der Waals surface area contributed by atoms with Gasteiger partial charge in [0, 0.05) is 23.9 Å². The van der Waals surface area contributed by atoms with Crippen molar-refractivity contribution in [1.82, 2.24) is 10.6 Å². The second-order valence-corrected chi connectivity index (χ2v) is 6.78. The third-order valence-electron chi connectivity index (χ3n) is 3.56. The van der Waals surface area contributed by atoms with E-state index in [1.54, 1.807) is 18.4 Å². The lowest BCUT2D eigenvalue weighted by molar-refractivity contribution is 0.507. The SMILES string of the molecule is CN=C(NCc1cccs1)NCC(C)(C)c1ccc(F)cc1.I. The molecule has 0 aliphatic rings. The lowest BCUT2D eigenvalue weighted by Gasteiger charge is -2.26. The molecule has 1 aromatic heterocycles. The highest BCUT2D eigenvalue weighted by Crippen LogP contribution is 2.22. The molecule has 23 heavy (non-hydrogen) atoms. The van der Waals surface area contributed by atoms with Crippen molar-refractivity contribution in [2.24, 2.45) is 4.99 Å². The van der Waals surface area contributed by atoms with Crippen LogP contribution in [0.3, 0.4) is 0 Å². The number of nitrogens with zero attached hydrogens (tertiary/aromatic N) is 1. The summed E-state index contributed by atoms with van der Waals surface area (Å²) < 4.78 is 13.0. The molecule has 1 aromatic carbocycles. The van der Waals surface area contributed by atoms with E-state index in [0.717, 1.165) is 18.1 Å². The van der Waals surface area contributed by atoms with Gasteiger partial charge in [-0.05, 0) is 29.1 Å². The molecule has 126 valence electrons. The minimum atomic E-state index is -0.207. The lowest BCUT2D eigenvalue weighted by Crippen LogP contribution is -2.43. The standard InChI is InChI=1S/C17H22FN3S.HI/c1-17(2,13-6-8-14(18)9-7-13)12-21-16(19-3)20-11-15-5-4-10-22-15;/h4-10H,11-12H2,1-3H3,(H2,19,20,21);1H. The van der Waals surface area contributed by atoms with E-state index in [4.69, 9.17) is 0 Å². The van der Waals surface area contributed by atoms with Gasteiger partial charge in [-0.25, -0.2) is 4.39 Å². The van der Waals surface area contributed by atoms with Crippen LogP contribution in [0.5, 0.6) is 0 Å². The van der Waals surface area contributed by atoms with E-state index in [2.05, 4.69) is 40.9 Å². The molecule has 0 radical (unpaired) electrons. The van der Waals surface area contributed by atoms with E-state index in [0.29, 0.717) is 6.54 Å². The molecule has 0 aliphatic carbocycles. The molecule has 2 aromatic rings. The van der Waals surface area contributed by atoms with Crippen LogP contribution in [0.25, 0.3) is 0 Å². The summed E-state index contributed by atoms with van der Waals surface area (Å²) in [5.41, 5.74) is 0.976. The van der Waals surface area contributed by atoms with Gasteiger partial charge in [0.25, 0.3) is 0 Å². The van der Waals surface area contributed by atoms with Gasteiger partial charge < -0.3 is 10.6 Å². The van der Waals surface area contributed by atoms with E-state index >= 15 is 0 Å². The third kappa shape index (κ3) is 6.10. The van der Waals surface area contributed by atoms with Gasteiger partial charge in [-0.3, -0.25) is 4.99 Å². The number of hydrogen-bond acceptors (Lipinski definition) is 2. The third-order valence-corrected chi connectivity index (χ3v) is 4.43. The van der Waals surface area contributed by atoms with Gasteiger partial charge in [0.1, 0.15) is 5.82 Å². The number of benzene rings is 1. The van der Waals surface area contributed by atoms with Crippen molar-refractivity contribution >= 4 is 41.3 Å². The molecule has 0 atom stereocenters. The predicted octanol–water partition coefficient (Wildman–Crippen LogP) is 4.15. The highest BCUT2D eigenvalue weighted by atomic mass is 127. The topological polar surface area (TPSA) is 36.4 Å². The van der Waals surface area contributed by atoms with Gasteiger partial charge in [0.2, 0.25) is 0 Å². The monoisotopic (exact) mass is 447 g/mol. The Morgan fingerprint density at radius 2 is 1.87 bits per heavy atom. The van der Waals surface area contributed by atoms with E-state index < -0.39 is 0 Å². The van der Waals surface area contributed by atoms with Crippen LogP contribution >= 0.6 is 35.3 Å². The number of halogens is 2. The summed E-state index contributed by atoms with van der Waals surface area (Å²) in [6, 6.07) is 10.8. The highest BCUT2D eigenvalue weighted by Gasteiger charge is 2.20. The Kier molecular flexibility index (Phi) is 7.98. The second-order valence-electron chi connectivity index (χ2n) is 5.75. The molecule has 6 heteroatoms. The molecule has 0 fully saturated rings. The Hall–Kier alpha value is -1.15. The van der Waals surface area contributed by atoms with Crippen molar-refractivity contribution < 1.29 is 4.39 Å². The Labute approximate surface area is 158 Å². The average Bonchev–Trinajstić information content (AvgIpc) is 3.01. The lowest BCUT2D eigenvalue weighted by atomic mass is 9.84. The normalized spacial score (nSPS) is 11.7. The molecule has 0 spiro atoms. The second kappa shape index (κ2) is 9.22. The highest BCUT2D eigenvalue weighted by molar-refractivity contribution is 14.0. The molecular weight excluding hydrogens is 424 g/mol. The van der Waals surface area contributed by atoms with Crippen molar-refractivity contribution in [2.75, 3.05) is 13.6 Å². The molecule has 3 nitrogen and oxygen atoms in total. The Morgan fingerprint density at radius 3 is 2.43 bits per heavy atom. The van der Waals surface area contributed by atoms with Gasteiger partial charge in [-0.15, -0.1) is 35.3 Å². The number of hydrogen-bond donors (Lipinski definition) is 2. The van der Waals surface area contributed by atoms with Gasteiger partial charge in [-0.1, -0.05) is 32.0 Å². The van der Waals surface area contributed by atoms with Crippen LogP contribution in [0.4, 0.5) is 4.39 Å². The van der Waals surface area contributed by atoms with Crippen LogP contribution in [0.1, 0.15) is 24.3 Å². The van der Waals surface area contributed by atoms with Gasteiger partial charge >= 0.3 is 0 Å². The van der Waals surface area contributed by atoms with Crippen LogP contribution in [0.15, 0.2) is 46.8 Å². The van der Waals surface area contributed by atoms with Crippen LogP contribution in [0, 0.1) is 5.82 Å². The van der Waals surface area contributed by atoms with Crippen LogP contribution < -0.4 is 10.6 Å². The van der Waals surface area contributed by atoms with Gasteiger partial charge in [0.05, 0.1) is 6.54 Å². The number of aliphatic imine (C=N–C) groups is 1. The first-order valence-corrected chi connectivity index (χ1v) is 8.12. The molecule has 0 aliphatic heterocycles. The number of nitrogens with one attached hydrogen (secondary N) is 2. The molecule has 0 bridgehead atoms. The van der Waals surface area contributed by atoms with Crippen molar-refractivity contribution in [3.05, 3.63) is 58.0 Å². The summed E-state index contributed by atoms with van der Waals surface area (Å²) in [7, 11) is 1.76. The summed E-state index contributed by atoms with van der Waals surface area (Å²) >= 11 is 1.72. The van der Waals surface area contributed by atoms with E-state index in [1.165, 1.54) is 17.0 Å². The first-order chi connectivity index (χ1) is 10.5. The molecule has 0 saturated heterocycles. The van der Waals surface area contributed by atoms with Crippen molar-refractivity contribution in [2.45, 2.75) is 25.8 Å². The van der Waals surface area contributed by atoms with Gasteiger partial charge in [-0.2, -0.15) is 0 Å². The molecule has 2 rings (SSSR count). The van der Waals surface area contributed by atoms with Crippen molar-refractivity contribution in [1.29, 1.82) is 0 Å². The van der Waals surface area contributed by atoms with Crippen molar-refractivity contribution in [3.8, 4) is 0 Å². The minimum Gasteiger partial charge on any atom is -0.356 e. The Morgan fingerprint density at radius 1 is 1.17 bits per heavy atom. The minimum absolute atomic E-state index is 0. The summed E-state index contributed by atoms with van der Waals surface area (Å²) in [4.78, 5) is 5.50. The fourth-order valence-electron chi connectivity index (χ4n) is 2.11. The smallest absolute Gasteiger partial charge is 0.191 e. The van der Waals surface area contributed by atoms with Crippen molar-refractivity contribution in [3.63, 3.8) is 0 Å². The number of guanidine groups is 1. The molecule has 0 saturated carbocycles. The van der Waals surface area contributed by atoms with Gasteiger partial charge in [0.15, 0.2) is 5.96 Å². The molecule has 1 heterocycles. The Bertz CT molecular complexity index is 609. The zero-order valence-electron chi connectivity index (χ0n) is 13.6. The summed E-state index contributed by atoms with van der Waals surface area (Å²) in [5.74, 6) is 0.560. The zero-order chi connectivity index (χ0) is 16.0. The zero-order valence-corrected chi connectivity index (χ0v) is 16.7. The van der Waals surface area contributed by atoms with E-state index in [-0.39, 0.29) is 35.2 Å². The maximum absolute atomic E-state index is 13.0. The summed E-state index contributed by atoms with van der Waals surface area (Å²) in [6.45, 7) is 5.72. The Balaban J connectivity index is 0.00000264. The van der Waals surface area contributed by atoms with E-state index in [1.807, 2.05) is 18.2 Å². The quantitative estimate of drug-likeness (QED) is 0.411. The number of rotatable bonds is 5. The fourth-order valence-corrected chi connectivity index (χ4v) is 2.76. The molecule has 0 amide bonds. The molecule has 2 N–H and O–H groups in total. The summed E-state index contributed by atoms with van der Waals surface area (Å²) in [6.07, 6.45) is 0. The van der Waals surface area contributed by atoms with E-state index in [9.17, 15) is 4.39 Å². The first kappa shape index (κ1) is 19.9. The maximum Gasteiger partial charge on any atom is 0.191 e. The average molecular weight is 447 g/mol. The maximum atomic E-state index is 13.0. The van der Waals surface area contributed by atoms with Crippen LogP contribution in [-0.2, 0) is 12.0 Å². The molecule has 0 unspecified atom stereocenters. The van der Waals surface area contributed by atoms with Crippen LogP contribution in [0.2, 0.25) is 0 Å².